The highest BCUT2D eigenvalue weighted by molar-refractivity contribution is 5.88. The average molecular weight is 433 g/mol. The van der Waals surface area contributed by atoms with Crippen LogP contribution in [0.15, 0.2) is 24.3 Å². The predicted molar refractivity (Wildman–Crippen MR) is 117 cm³/mol. The molecule has 170 valence electrons. The predicted octanol–water partition coefficient (Wildman–Crippen LogP) is 5.05. The maximum Gasteiger partial charge on any atom is 0.323 e. The highest BCUT2D eigenvalue weighted by Crippen LogP contribution is 2.58. The van der Waals surface area contributed by atoms with E-state index < -0.39 is 11.7 Å². The number of hydrogen-bond donors (Lipinski definition) is 1. The number of aromatic nitrogens is 1. The van der Waals surface area contributed by atoms with Gasteiger partial charge in [-0.25, -0.2) is 0 Å². The van der Waals surface area contributed by atoms with Crippen molar-refractivity contribution in [1.29, 1.82) is 0 Å². The molecule has 2 heterocycles. The maximum atomic E-state index is 14.1. The summed E-state index contributed by atoms with van der Waals surface area (Å²) in [7, 11) is 0. The summed E-state index contributed by atoms with van der Waals surface area (Å²) in [5.41, 5.74) is 2.48. The number of Topliss-reactive ketones (excluding diaryl/α,β-unsaturated/α-hetero) is 2. The van der Waals surface area contributed by atoms with E-state index in [1.54, 1.807) is 0 Å². The number of allylic oxidation sites excluding steroid dienone is 2. The monoisotopic (exact) mass is 432 g/mol. The SMILES string of the molecule is CCCCCC=CC(F)(F)C(=O)CC[C@@]12C[C@@H](C(=O)Cc3nc(C)ccc3C)N[C@@H]1C2. The second kappa shape index (κ2) is 9.68. The fraction of sp³-hybridized carbons (Fsp3) is 0.640. The van der Waals surface area contributed by atoms with Gasteiger partial charge in [-0.05, 0) is 69.1 Å². The summed E-state index contributed by atoms with van der Waals surface area (Å²) in [6, 6.07) is 3.76. The van der Waals surface area contributed by atoms with Crippen molar-refractivity contribution >= 4 is 11.6 Å². The number of aryl methyl sites for hydroxylation is 2. The Balaban J connectivity index is 1.49. The molecule has 3 rings (SSSR count). The van der Waals surface area contributed by atoms with Crippen molar-refractivity contribution in [2.75, 3.05) is 0 Å². The molecule has 0 radical (unpaired) electrons. The highest BCUT2D eigenvalue weighted by atomic mass is 19.3. The molecule has 4 nitrogen and oxygen atoms in total. The average Bonchev–Trinajstić information content (AvgIpc) is 3.28. The number of hydrogen-bond acceptors (Lipinski definition) is 4. The molecule has 1 aliphatic carbocycles. The Morgan fingerprint density at radius 1 is 1.26 bits per heavy atom. The molecule has 1 saturated heterocycles. The van der Waals surface area contributed by atoms with E-state index in [1.165, 1.54) is 6.08 Å². The van der Waals surface area contributed by atoms with Gasteiger partial charge in [0.05, 0.1) is 18.2 Å². The van der Waals surface area contributed by atoms with E-state index >= 15 is 0 Å². The Morgan fingerprint density at radius 3 is 2.77 bits per heavy atom. The van der Waals surface area contributed by atoms with E-state index in [4.69, 9.17) is 0 Å². The lowest BCUT2D eigenvalue weighted by atomic mass is 9.90. The smallest absolute Gasteiger partial charge is 0.304 e. The summed E-state index contributed by atoms with van der Waals surface area (Å²) in [6.07, 6.45) is 7.67. The van der Waals surface area contributed by atoms with Crippen molar-refractivity contribution in [2.45, 2.75) is 96.6 Å². The van der Waals surface area contributed by atoms with Crippen LogP contribution < -0.4 is 5.32 Å². The number of alkyl halides is 2. The normalized spacial score (nSPS) is 25.1. The Bertz CT molecular complexity index is 852. The number of nitrogens with zero attached hydrogens (tertiary/aromatic N) is 1. The zero-order valence-corrected chi connectivity index (χ0v) is 18.8. The molecule has 31 heavy (non-hydrogen) atoms. The Kier molecular flexibility index (Phi) is 7.40. The Labute approximate surface area is 183 Å². The van der Waals surface area contributed by atoms with Crippen molar-refractivity contribution in [3.63, 3.8) is 0 Å². The number of carbonyl (C=O) groups is 2. The van der Waals surface area contributed by atoms with E-state index in [1.807, 2.05) is 26.0 Å². The van der Waals surface area contributed by atoms with Gasteiger partial charge in [-0.15, -0.1) is 0 Å². The quantitative estimate of drug-likeness (QED) is 0.371. The lowest BCUT2D eigenvalue weighted by molar-refractivity contribution is -0.137. The van der Waals surface area contributed by atoms with Crippen LogP contribution in [0.4, 0.5) is 8.78 Å². The van der Waals surface area contributed by atoms with Crippen LogP contribution in [0.25, 0.3) is 0 Å². The van der Waals surface area contributed by atoms with Crippen LogP contribution >= 0.6 is 0 Å². The first-order valence-electron chi connectivity index (χ1n) is 11.5. The number of carbonyl (C=O) groups excluding carboxylic acids is 2. The number of fused-ring (bicyclic) bond motifs is 1. The number of halogens is 2. The van der Waals surface area contributed by atoms with Gasteiger partial charge in [0, 0.05) is 18.2 Å². The molecular weight excluding hydrogens is 398 g/mol. The maximum absolute atomic E-state index is 14.1. The molecule has 0 aromatic carbocycles. The third-order valence-electron chi connectivity index (χ3n) is 6.80. The van der Waals surface area contributed by atoms with Gasteiger partial charge >= 0.3 is 5.92 Å². The van der Waals surface area contributed by atoms with Gasteiger partial charge in [-0.1, -0.05) is 31.9 Å². The van der Waals surface area contributed by atoms with Gasteiger partial charge in [0.2, 0.25) is 5.78 Å². The third kappa shape index (κ3) is 5.85. The molecule has 2 aliphatic rings. The van der Waals surface area contributed by atoms with Gasteiger partial charge < -0.3 is 5.32 Å². The first-order valence-corrected chi connectivity index (χ1v) is 11.5. The molecule has 0 unspecified atom stereocenters. The largest absolute Gasteiger partial charge is 0.323 e. The van der Waals surface area contributed by atoms with Crippen LogP contribution in [0.3, 0.4) is 0 Å². The van der Waals surface area contributed by atoms with Crippen LogP contribution in [0.2, 0.25) is 0 Å². The van der Waals surface area contributed by atoms with Crippen molar-refractivity contribution < 1.29 is 18.4 Å². The molecule has 0 amide bonds. The van der Waals surface area contributed by atoms with Gasteiger partial charge in [-0.3, -0.25) is 14.6 Å². The molecule has 6 heteroatoms. The molecule has 1 aromatic heterocycles. The third-order valence-corrected chi connectivity index (χ3v) is 6.80. The summed E-state index contributed by atoms with van der Waals surface area (Å²) in [6.45, 7) is 5.90. The van der Waals surface area contributed by atoms with Crippen LogP contribution in [0.1, 0.15) is 75.2 Å². The molecule has 1 saturated carbocycles. The minimum absolute atomic E-state index is 0.0828. The number of ketones is 2. The van der Waals surface area contributed by atoms with Gasteiger partial charge in [0.1, 0.15) is 0 Å². The van der Waals surface area contributed by atoms with Crippen LogP contribution in [0.5, 0.6) is 0 Å². The van der Waals surface area contributed by atoms with Crippen LogP contribution in [0, 0.1) is 19.3 Å². The molecule has 3 atom stereocenters. The number of pyridine rings is 1. The molecule has 2 fully saturated rings. The van der Waals surface area contributed by atoms with Crippen molar-refractivity contribution in [3.8, 4) is 0 Å². The second-order valence-corrected chi connectivity index (χ2v) is 9.35. The van der Waals surface area contributed by atoms with E-state index in [2.05, 4.69) is 17.2 Å². The van der Waals surface area contributed by atoms with Crippen molar-refractivity contribution in [1.82, 2.24) is 10.3 Å². The van der Waals surface area contributed by atoms with E-state index in [0.717, 1.165) is 48.7 Å². The van der Waals surface area contributed by atoms with E-state index in [0.29, 0.717) is 19.3 Å². The summed E-state index contributed by atoms with van der Waals surface area (Å²) in [5, 5.41) is 3.35. The fourth-order valence-electron chi connectivity index (χ4n) is 4.62. The van der Waals surface area contributed by atoms with Crippen LogP contribution in [-0.2, 0) is 16.0 Å². The minimum atomic E-state index is -3.40. The molecule has 1 aliphatic heterocycles. The zero-order chi connectivity index (χ0) is 22.6. The van der Waals surface area contributed by atoms with Crippen molar-refractivity contribution in [3.05, 3.63) is 41.2 Å². The Hall–Kier alpha value is -1.95. The standard InChI is InChI=1S/C25H34F2N2O2/c1-4-5-6-7-8-12-25(26,27)23(31)11-13-24-15-20(29-22(24)16-24)21(30)14-19-17(2)9-10-18(3)28-19/h8-10,12,20,22,29H,4-7,11,13-16H2,1-3H3/t20-,22+,24-/m0/s1. The van der Waals surface area contributed by atoms with Gasteiger partial charge in [0.15, 0.2) is 5.78 Å². The number of piperidine rings is 1. The van der Waals surface area contributed by atoms with Gasteiger partial charge in [0.25, 0.3) is 0 Å². The highest BCUT2D eigenvalue weighted by Gasteiger charge is 2.61. The van der Waals surface area contributed by atoms with E-state index in [9.17, 15) is 18.4 Å². The van der Waals surface area contributed by atoms with Crippen molar-refractivity contribution in [2.24, 2.45) is 5.41 Å². The first-order chi connectivity index (χ1) is 14.7. The van der Waals surface area contributed by atoms with Gasteiger partial charge in [-0.2, -0.15) is 8.78 Å². The molecule has 1 N–H and O–H groups in total. The molecule has 0 bridgehead atoms. The molecule has 1 aromatic rings. The lowest BCUT2D eigenvalue weighted by Gasteiger charge is -2.17. The number of unbranched alkanes of at least 4 members (excludes halogenated alkanes) is 3. The number of rotatable bonds is 12. The minimum Gasteiger partial charge on any atom is -0.304 e. The lowest BCUT2D eigenvalue weighted by Crippen LogP contribution is -2.35. The summed E-state index contributed by atoms with van der Waals surface area (Å²) >= 11 is 0. The molecular formula is C25H34F2N2O2. The van der Waals surface area contributed by atoms with E-state index in [-0.39, 0.29) is 36.1 Å². The topological polar surface area (TPSA) is 59.1 Å². The first kappa shape index (κ1) is 23.7. The summed E-state index contributed by atoms with van der Waals surface area (Å²) in [5.74, 6) is -4.34. The summed E-state index contributed by atoms with van der Waals surface area (Å²) < 4.78 is 28.3. The van der Waals surface area contributed by atoms with Crippen LogP contribution in [-0.4, -0.2) is 34.6 Å². The second-order valence-electron chi connectivity index (χ2n) is 9.35. The zero-order valence-electron chi connectivity index (χ0n) is 18.8. The molecule has 0 spiro atoms. The fourth-order valence-corrected chi connectivity index (χ4v) is 4.62. The summed E-state index contributed by atoms with van der Waals surface area (Å²) in [4.78, 5) is 29.4. The number of nitrogens with one attached hydrogen (secondary N) is 1. The Morgan fingerprint density at radius 2 is 2.03 bits per heavy atom.